The van der Waals surface area contributed by atoms with Gasteiger partial charge in [-0.1, -0.05) is 206 Å². The van der Waals surface area contributed by atoms with Crippen molar-refractivity contribution in [2.75, 3.05) is 9.80 Å². The molecule has 82 heavy (non-hydrogen) atoms. The van der Waals surface area contributed by atoms with Crippen molar-refractivity contribution in [2.45, 2.75) is 0 Å². The van der Waals surface area contributed by atoms with E-state index in [0.717, 1.165) is 129 Å². The summed E-state index contributed by atoms with van der Waals surface area (Å²) in [6, 6.07) is 95.7. The third kappa shape index (κ3) is 7.71. The largest absolute Gasteiger partial charge is 0.306 e. The van der Waals surface area contributed by atoms with E-state index in [1.54, 1.807) is 22.7 Å². The lowest BCUT2D eigenvalue weighted by atomic mass is 9.91. The molecule has 0 saturated heterocycles. The summed E-state index contributed by atoms with van der Waals surface area (Å²) in [6.07, 6.45) is 0. The fourth-order valence-electron chi connectivity index (χ4n) is 12.6. The standard InChI is InChI=1S/C76H46F2N2S2/c77-75-59(49-23-9-3-10-24-49)43-53(47-19-5-1-6-20-47)45-65(75)79(63-29-17-33-69-73(63)57-27-13-15-31-67(57)81-69)61-41-37-51-36-40-56-62(42-38-52-35-39-55(61)71(51)72(52)56)80(64-30-18-34-70-74(64)58-28-14-16-32-68(58)82-70)66-46-54(48-21-7-2-8-22-48)44-60(76(66)78)50-25-11-4-12-26-50/h1-46H. The van der Waals surface area contributed by atoms with Crippen LogP contribution in [0.2, 0.25) is 0 Å². The average molecular weight is 1090 g/mol. The molecule has 0 unspecified atom stereocenters. The Hall–Kier alpha value is -9.98. The third-order valence-corrected chi connectivity index (χ3v) is 18.6. The second kappa shape index (κ2) is 19.4. The van der Waals surface area contributed by atoms with Crippen molar-refractivity contribution in [1.82, 2.24) is 0 Å². The molecule has 2 heterocycles. The zero-order valence-corrected chi connectivity index (χ0v) is 45.7. The molecule has 2 nitrogen and oxygen atoms in total. The summed E-state index contributed by atoms with van der Waals surface area (Å²) >= 11 is 3.50. The maximum absolute atomic E-state index is 18.6. The van der Waals surface area contributed by atoms with Gasteiger partial charge in [0, 0.05) is 62.2 Å². The lowest BCUT2D eigenvalue weighted by Gasteiger charge is -2.31. The van der Waals surface area contributed by atoms with Gasteiger partial charge in [0.25, 0.3) is 0 Å². The molecule has 0 N–H and O–H groups in total. The van der Waals surface area contributed by atoms with E-state index < -0.39 is 0 Å². The summed E-state index contributed by atoms with van der Waals surface area (Å²) in [6.45, 7) is 0. The summed E-state index contributed by atoms with van der Waals surface area (Å²) in [4.78, 5) is 4.35. The average Bonchev–Trinajstić information content (AvgIpc) is 3.35. The van der Waals surface area contributed by atoms with Crippen molar-refractivity contribution >= 4 is 129 Å². The first-order valence-corrected chi connectivity index (χ1v) is 29.2. The summed E-state index contributed by atoms with van der Waals surface area (Å²) in [5.41, 5.74) is 10.7. The van der Waals surface area contributed by atoms with Crippen LogP contribution >= 0.6 is 22.7 Å². The van der Waals surface area contributed by atoms with E-state index >= 15 is 8.78 Å². The fraction of sp³-hybridized carbons (Fsp3) is 0. The molecule has 0 radical (unpaired) electrons. The number of fused-ring (bicyclic) bond motifs is 6. The zero-order chi connectivity index (χ0) is 54.4. The Bertz CT molecular complexity index is 4810. The molecule has 16 aromatic rings. The van der Waals surface area contributed by atoms with E-state index in [0.29, 0.717) is 22.5 Å². The SMILES string of the molecule is Fc1c(-c2ccccc2)cc(-c2ccccc2)cc1N(c1ccc2ccc3c(N(c4cc(-c5ccccc5)cc(-c5ccccc5)c4F)c4cccc5sc6ccccc6c45)ccc4ccc1c2c43)c1cccc2sc3ccccc3c12. The van der Waals surface area contributed by atoms with Crippen LogP contribution < -0.4 is 9.80 Å². The van der Waals surface area contributed by atoms with Crippen molar-refractivity contribution in [1.29, 1.82) is 0 Å². The van der Waals surface area contributed by atoms with Crippen LogP contribution in [0.25, 0.3) is 117 Å². The molecule has 0 aliphatic carbocycles. The number of thiophene rings is 2. The number of nitrogens with zero attached hydrogens (tertiary/aromatic N) is 2. The van der Waals surface area contributed by atoms with E-state index in [2.05, 4.69) is 168 Å². The number of hydrogen-bond acceptors (Lipinski definition) is 4. The first-order valence-electron chi connectivity index (χ1n) is 27.5. The van der Waals surface area contributed by atoms with Crippen LogP contribution in [-0.4, -0.2) is 0 Å². The van der Waals surface area contributed by atoms with Gasteiger partial charge in [0.15, 0.2) is 11.6 Å². The zero-order valence-electron chi connectivity index (χ0n) is 44.0. The van der Waals surface area contributed by atoms with Crippen LogP contribution in [-0.2, 0) is 0 Å². The van der Waals surface area contributed by atoms with Crippen molar-refractivity contribution in [2.24, 2.45) is 0 Å². The lowest BCUT2D eigenvalue weighted by Crippen LogP contribution is -2.14. The second-order valence-electron chi connectivity index (χ2n) is 20.9. The van der Waals surface area contributed by atoms with Gasteiger partial charge in [0.2, 0.25) is 0 Å². The van der Waals surface area contributed by atoms with Gasteiger partial charge < -0.3 is 9.80 Å². The van der Waals surface area contributed by atoms with E-state index in [1.165, 1.54) is 0 Å². The molecule has 0 amide bonds. The lowest BCUT2D eigenvalue weighted by molar-refractivity contribution is 0.632. The van der Waals surface area contributed by atoms with Crippen LogP contribution in [0.4, 0.5) is 42.9 Å². The van der Waals surface area contributed by atoms with Crippen LogP contribution in [0.15, 0.2) is 279 Å². The fourth-order valence-corrected chi connectivity index (χ4v) is 14.9. The summed E-state index contributed by atoms with van der Waals surface area (Å²) < 4.78 is 41.7. The Morgan fingerprint density at radius 3 is 1.00 bits per heavy atom. The molecule has 2 aromatic heterocycles. The second-order valence-corrected chi connectivity index (χ2v) is 23.1. The highest BCUT2D eigenvalue weighted by Crippen LogP contribution is 2.54. The number of benzene rings is 14. The summed E-state index contributed by atoms with van der Waals surface area (Å²) in [5, 5.41) is 10.4. The van der Waals surface area contributed by atoms with E-state index in [4.69, 9.17) is 0 Å². The predicted octanol–water partition coefficient (Wildman–Crippen LogP) is 23.2. The molecule has 0 aliphatic heterocycles. The van der Waals surface area contributed by atoms with E-state index in [9.17, 15) is 0 Å². The number of rotatable bonds is 10. The van der Waals surface area contributed by atoms with E-state index in [1.807, 2.05) is 121 Å². The molecule has 6 heteroatoms. The topological polar surface area (TPSA) is 6.48 Å². The highest BCUT2D eigenvalue weighted by Gasteiger charge is 2.30. The van der Waals surface area contributed by atoms with Crippen LogP contribution in [0, 0.1) is 11.6 Å². The monoisotopic (exact) mass is 1090 g/mol. The molecule has 14 aromatic carbocycles. The van der Waals surface area contributed by atoms with Crippen molar-refractivity contribution in [3.63, 3.8) is 0 Å². The normalized spacial score (nSPS) is 11.8. The molecule has 0 aliphatic rings. The molecule has 0 bridgehead atoms. The highest BCUT2D eigenvalue weighted by atomic mass is 32.1. The predicted molar refractivity (Wildman–Crippen MR) is 347 cm³/mol. The summed E-state index contributed by atoms with van der Waals surface area (Å²) in [7, 11) is 0. The van der Waals surface area contributed by atoms with Crippen LogP contribution in [0.1, 0.15) is 0 Å². The Labute approximate surface area is 480 Å². The van der Waals surface area contributed by atoms with Gasteiger partial charge in [0.1, 0.15) is 0 Å². The van der Waals surface area contributed by atoms with Crippen LogP contribution in [0.3, 0.4) is 0 Å². The number of halogens is 2. The summed E-state index contributed by atoms with van der Waals surface area (Å²) in [5.74, 6) is -0.647. The molecule has 386 valence electrons. The van der Waals surface area contributed by atoms with Gasteiger partial charge in [0.05, 0.1) is 34.1 Å². The van der Waals surface area contributed by atoms with Gasteiger partial charge in [-0.15, -0.1) is 22.7 Å². The molecule has 0 atom stereocenters. The number of hydrogen-bond donors (Lipinski definition) is 0. The Morgan fingerprint density at radius 1 is 0.232 bits per heavy atom. The molecular formula is C76H46F2N2S2. The Kier molecular flexibility index (Phi) is 11.3. The van der Waals surface area contributed by atoms with Crippen molar-refractivity contribution in [3.8, 4) is 44.5 Å². The maximum Gasteiger partial charge on any atom is 0.155 e. The first kappa shape index (κ1) is 48.0. The minimum atomic E-state index is -0.323. The maximum atomic E-state index is 18.6. The van der Waals surface area contributed by atoms with Crippen molar-refractivity contribution < 1.29 is 8.78 Å². The van der Waals surface area contributed by atoms with Crippen molar-refractivity contribution in [3.05, 3.63) is 291 Å². The van der Waals surface area contributed by atoms with Gasteiger partial charge in [-0.3, -0.25) is 0 Å². The number of anilines is 6. The molecule has 16 rings (SSSR count). The molecule has 0 saturated carbocycles. The van der Waals surface area contributed by atoms with Crippen LogP contribution in [0.5, 0.6) is 0 Å². The Balaban J connectivity index is 1.00. The smallest absolute Gasteiger partial charge is 0.155 e. The molecule has 0 fully saturated rings. The Morgan fingerprint density at radius 2 is 0.585 bits per heavy atom. The van der Waals surface area contributed by atoms with Gasteiger partial charge in [-0.25, -0.2) is 8.78 Å². The van der Waals surface area contributed by atoms with Gasteiger partial charge in [-0.2, -0.15) is 0 Å². The van der Waals surface area contributed by atoms with Gasteiger partial charge in [-0.05, 0) is 128 Å². The minimum absolute atomic E-state index is 0.323. The van der Waals surface area contributed by atoms with Gasteiger partial charge >= 0.3 is 0 Å². The first-order chi connectivity index (χ1) is 40.5. The quantitative estimate of drug-likeness (QED) is 0.126. The minimum Gasteiger partial charge on any atom is -0.306 e. The van der Waals surface area contributed by atoms with E-state index in [-0.39, 0.29) is 11.6 Å². The molecule has 0 spiro atoms. The molecular weight excluding hydrogens is 1040 g/mol. The third-order valence-electron chi connectivity index (χ3n) is 16.3. The highest BCUT2D eigenvalue weighted by molar-refractivity contribution is 7.26.